The van der Waals surface area contributed by atoms with E-state index in [1.54, 1.807) is 11.1 Å². The van der Waals surface area contributed by atoms with Gasteiger partial charge in [-0.1, -0.05) is 110 Å². The average molecular weight is 618 g/mol. The first kappa shape index (κ1) is 27.5. The molecule has 0 N–H and O–H groups in total. The fourth-order valence-corrected chi connectivity index (χ4v) is 7.49. The number of hydrogen-bond acceptors (Lipinski definition) is 1. The minimum absolute atomic E-state index is 0.456. The second kappa shape index (κ2) is 12.9. The lowest BCUT2D eigenvalue weighted by molar-refractivity contribution is 0.210. The number of rotatable bonds is 7. The van der Waals surface area contributed by atoms with Crippen molar-refractivity contribution >= 4 is 28.2 Å². The van der Waals surface area contributed by atoms with E-state index in [9.17, 15) is 0 Å². The van der Waals surface area contributed by atoms with Crippen LogP contribution in [0.2, 0.25) is 0 Å². The van der Waals surface area contributed by atoms with Crippen LogP contribution in [0.3, 0.4) is 0 Å². The van der Waals surface area contributed by atoms with Gasteiger partial charge in [0.05, 0.1) is 0 Å². The van der Waals surface area contributed by atoms with E-state index in [2.05, 4.69) is 121 Å². The summed E-state index contributed by atoms with van der Waals surface area (Å²) in [5.41, 5.74) is 10.3. The number of benzene rings is 2. The molecule has 1 nitrogen and oxygen atoms in total. The molecule has 2 aliphatic carbocycles. The molecule has 38 heavy (non-hydrogen) atoms. The topological polar surface area (TPSA) is 3.24 Å². The molecule has 2 aromatic rings. The van der Waals surface area contributed by atoms with Gasteiger partial charge in [0, 0.05) is 29.1 Å². The van der Waals surface area contributed by atoms with E-state index in [1.807, 2.05) is 0 Å². The molecule has 0 aromatic heterocycles. The van der Waals surface area contributed by atoms with Crippen LogP contribution in [0.1, 0.15) is 80.5 Å². The lowest BCUT2D eigenvalue weighted by Gasteiger charge is -2.39. The normalized spacial score (nSPS) is 23.6. The van der Waals surface area contributed by atoms with Gasteiger partial charge in [0.25, 0.3) is 0 Å². The molecule has 0 radical (unpaired) electrons. The quantitative estimate of drug-likeness (QED) is 0.221. The first-order valence-electron chi connectivity index (χ1n) is 14.8. The van der Waals surface area contributed by atoms with E-state index in [0.717, 1.165) is 29.4 Å². The monoisotopic (exact) mass is 617 g/mol. The van der Waals surface area contributed by atoms with Gasteiger partial charge in [0.1, 0.15) is 0 Å². The zero-order chi connectivity index (χ0) is 26.5. The largest absolute Gasteiger partial charge is 0.371 e. The molecule has 2 aromatic carbocycles. The third kappa shape index (κ3) is 6.38. The number of piperidine rings is 1. The Kier molecular flexibility index (Phi) is 9.30. The Morgan fingerprint density at radius 2 is 1.84 bits per heavy atom. The molecule has 0 amide bonds. The fraction of sp³-hybridized carbons (Fsp3) is 0.444. The summed E-state index contributed by atoms with van der Waals surface area (Å²) >= 11 is 2.50. The van der Waals surface area contributed by atoms with Gasteiger partial charge in [-0.2, -0.15) is 0 Å². The van der Waals surface area contributed by atoms with Crippen LogP contribution in [-0.4, -0.2) is 18.0 Å². The van der Waals surface area contributed by atoms with Crippen LogP contribution in [-0.2, 0) is 10.8 Å². The van der Waals surface area contributed by atoms with Crippen molar-refractivity contribution in [2.75, 3.05) is 13.1 Å². The van der Waals surface area contributed by atoms with Crippen molar-refractivity contribution in [1.29, 1.82) is 0 Å². The Morgan fingerprint density at radius 3 is 2.66 bits per heavy atom. The molecular formula is C36H44IN. The van der Waals surface area contributed by atoms with Crippen LogP contribution in [0.15, 0.2) is 90.7 Å². The molecular weight excluding hydrogens is 573 g/mol. The molecule has 0 saturated carbocycles. The predicted octanol–water partition coefficient (Wildman–Crippen LogP) is 9.90. The highest BCUT2D eigenvalue weighted by Gasteiger charge is 2.28. The number of alkyl halides is 1. The van der Waals surface area contributed by atoms with Crippen LogP contribution in [0, 0.1) is 17.8 Å². The van der Waals surface area contributed by atoms with E-state index in [1.165, 1.54) is 72.9 Å². The van der Waals surface area contributed by atoms with Gasteiger partial charge in [0.2, 0.25) is 0 Å². The summed E-state index contributed by atoms with van der Waals surface area (Å²) in [6, 6.07) is 18.6. The van der Waals surface area contributed by atoms with Gasteiger partial charge in [0.15, 0.2) is 0 Å². The highest BCUT2D eigenvalue weighted by atomic mass is 127. The van der Waals surface area contributed by atoms with Crippen LogP contribution < -0.4 is 0 Å². The molecule has 0 spiro atoms. The highest BCUT2D eigenvalue weighted by molar-refractivity contribution is 14.1. The molecule has 2 heteroatoms. The number of nitrogens with zero attached hydrogens (tertiary/aromatic N) is 1. The molecule has 1 heterocycles. The minimum atomic E-state index is 0.456. The summed E-state index contributed by atoms with van der Waals surface area (Å²) in [6.45, 7) is 11.4. The van der Waals surface area contributed by atoms with Gasteiger partial charge in [-0.3, -0.25) is 0 Å². The predicted molar refractivity (Wildman–Crippen MR) is 172 cm³/mol. The van der Waals surface area contributed by atoms with Crippen LogP contribution >= 0.6 is 22.6 Å². The van der Waals surface area contributed by atoms with Gasteiger partial charge < -0.3 is 4.90 Å². The first-order valence-corrected chi connectivity index (χ1v) is 16.3. The van der Waals surface area contributed by atoms with Gasteiger partial charge in [-0.25, -0.2) is 0 Å². The molecule has 200 valence electrons. The molecule has 3 atom stereocenters. The molecule has 1 saturated heterocycles. The highest BCUT2D eigenvalue weighted by Crippen LogP contribution is 2.37. The summed E-state index contributed by atoms with van der Waals surface area (Å²) in [5, 5.41) is 0. The Bertz CT molecular complexity index is 1210. The Balaban J connectivity index is 1.17. The number of halogens is 1. The van der Waals surface area contributed by atoms with Crippen molar-refractivity contribution in [1.82, 2.24) is 4.90 Å². The van der Waals surface area contributed by atoms with Crippen LogP contribution in [0.5, 0.6) is 0 Å². The van der Waals surface area contributed by atoms with Crippen molar-refractivity contribution in [2.24, 2.45) is 17.8 Å². The van der Waals surface area contributed by atoms with Crippen molar-refractivity contribution in [2.45, 2.75) is 69.1 Å². The Hall–Kier alpha value is -2.07. The summed E-state index contributed by atoms with van der Waals surface area (Å²) in [7, 11) is 0. The van der Waals surface area contributed by atoms with E-state index in [-0.39, 0.29) is 0 Å². The zero-order valence-corrected chi connectivity index (χ0v) is 25.5. The van der Waals surface area contributed by atoms with Gasteiger partial charge in [-0.15, -0.1) is 0 Å². The zero-order valence-electron chi connectivity index (χ0n) is 23.3. The third-order valence-electron chi connectivity index (χ3n) is 9.42. The van der Waals surface area contributed by atoms with E-state index in [4.69, 9.17) is 0 Å². The second-order valence-corrected chi connectivity index (χ2v) is 12.6. The van der Waals surface area contributed by atoms with Crippen molar-refractivity contribution in [3.63, 3.8) is 0 Å². The third-order valence-corrected chi connectivity index (χ3v) is 10.2. The second-order valence-electron chi connectivity index (χ2n) is 11.8. The molecule has 3 aliphatic rings. The standard InChI is InChI=1S/C36H44IN/c1-26-9-6-16-36(27(26)2)38-21-19-31(20-22-38)28(3)33-14-8-11-30(24-33)23-29-10-7-13-32(18-17-29)35-15-5-4-12-34(35)25-37/h4-6,8-9,11-16,24,26,28-29,31H,2,7,10,17-23,25H2,1,3H3/t26?,28-,29-/m0/s1. The molecule has 5 rings (SSSR count). The summed E-state index contributed by atoms with van der Waals surface area (Å²) < 4.78 is 1.09. The van der Waals surface area contributed by atoms with Crippen LogP contribution in [0.25, 0.3) is 5.57 Å². The minimum Gasteiger partial charge on any atom is -0.371 e. The maximum absolute atomic E-state index is 4.38. The lowest BCUT2D eigenvalue weighted by atomic mass is 9.80. The Morgan fingerprint density at radius 1 is 1.03 bits per heavy atom. The number of hydrogen-bond donors (Lipinski definition) is 0. The van der Waals surface area contributed by atoms with Gasteiger partial charge in [-0.05, 0) is 102 Å². The van der Waals surface area contributed by atoms with E-state index >= 15 is 0 Å². The molecule has 1 aliphatic heterocycles. The van der Waals surface area contributed by atoms with Gasteiger partial charge >= 0.3 is 0 Å². The molecule has 1 fully saturated rings. The van der Waals surface area contributed by atoms with Crippen LogP contribution in [0.4, 0.5) is 0 Å². The summed E-state index contributed by atoms with van der Waals surface area (Å²) in [6.07, 6.45) is 18.1. The average Bonchev–Trinajstić information content (AvgIpc) is 3.20. The van der Waals surface area contributed by atoms with Crippen molar-refractivity contribution in [3.05, 3.63) is 113 Å². The van der Waals surface area contributed by atoms with E-state index in [0.29, 0.717) is 11.8 Å². The number of allylic oxidation sites excluding steroid dienone is 6. The lowest BCUT2D eigenvalue weighted by Crippen LogP contribution is -2.36. The summed E-state index contributed by atoms with van der Waals surface area (Å²) in [5.74, 6) is 2.61. The maximum atomic E-state index is 4.38. The first-order chi connectivity index (χ1) is 18.5. The van der Waals surface area contributed by atoms with Crippen molar-refractivity contribution in [3.8, 4) is 0 Å². The Labute approximate surface area is 244 Å². The smallest absolute Gasteiger partial charge is 0.0398 e. The molecule has 1 unspecified atom stereocenters. The SMILES string of the molecule is C=C1C(N2CCC([C@H](C)c3cccc(C[C@H]4CCC=C(c5ccccc5CI)CC4)c3)CC2)=CC=CC1C. The number of likely N-dealkylation sites (tertiary alicyclic amines) is 1. The maximum Gasteiger partial charge on any atom is 0.0398 e. The summed E-state index contributed by atoms with van der Waals surface area (Å²) in [4.78, 5) is 2.58. The van der Waals surface area contributed by atoms with Crippen molar-refractivity contribution < 1.29 is 0 Å². The fourth-order valence-electron chi connectivity index (χ4n) is 6.83. The molecule has 0 bridgehead atoms. The van der Waals surface area contributed by atoms with E-state index < -0.39 is 0 Å².